The fourth-order valence-electron chi connectivity index (χ4n) is 4.06. The number of urea groups is 1. The van der Waals surface area contributed by atoms with Crippen LogP contribution < -0.4 is 5.32 Å². The number of benzene rings is 2. The Morgan fingerprint density at radius 1 is 1.06 bits per heavy atom. The maximum absolute atomic E-state index is 13.0. The first-order valence-electron chi connectivity index (χ1n) is 11.7. The van der Waals surface area contributed by atoms with Gasteiger partial charge in [-0.1, -0.05) is 80.0 Å². The molecular weight excluding hydrogens is 412 g/mol. The zero-order chi connectivity index (χ0) is 23.5. The molecule has 2 heterocycles. The van der Waals surface area contributed by atoms with Crippen molar-refractivity contribution in [3.8, 4) is 11.4 Å². The number of hydrogen-bond donors (Lipinski definition) is 1. The molecule has 1 N–H and O–H groups in total. The SMILES string of the molecule is CCc1ccc(-c2noc(C3=C(C)N(CCC(C)C)C(=O)NC3c3ccc(C)cc3)n2)cc1. The lowest BCUT2D eigenvalue weighted by Crippen LogP contribution is -2.46. The molecule has 2 amide bonds. The Morgan fingerprint density at radius 2 is 1.76 bits per heavy atom. The van der Waals surface area contributed by atoms with Gasteiger partial charge in [-0.05, 0) is 43.7 Å². The first kappa shape index (κ1) is 22.8. The summed E-state index contributed by atoms with van der Waals surface area (Å²) in [6, 6.07) is 15.9. The number of carbonyl (C=O) groups is 1. The summed E-state index contributed by atoms with van der Waals surface area (Å²) >= 11 is 0. The minimum Gasteiger partial charge on any atom is -0.334 e. The van der Waals surface area contributed by atoms with Gasteiger partial charge in [0.2, 0.25) is 5.82 Å². The van der Waals surface area contributed by atoms with Gasteiger partial charge in [0.25, 0.3) is 5.89 Å². The highest BCUT2D eigenvalue weighted by Crippen LogP contribution is 2.37. The quantitative estimate of drug-likeness (QED) is 0.474. The van der Waals surface area contributed by atoms with Crippen molar-refractivity contribution in [2.75, 3.05) is 6.54 Å². The van der Waals surface area contributed by atoms with E-state index in [1.165, 1.54) is 5.56 Å². The third-order valence-electron chi connectivity index (χ3n) is 6.21. The number of hydrogen-bond acceptors (Lipinski definition) is 4. The number of carbonyl (C=O) groups excluding carboxylic acids is 1. The number of aromatic nitrogens is 2. The lowest BCUT2D eigenvalue weighted by atomic mass is 9.94. The topological polar surface area (TPSA) is 71.3 Å². The number of allylic oxidation sites excluding steroid dienone is 1. The second-order valence-electron chi connectivity index (χ2n) is 9.10. The number of aryl methyl sites for hydroxylation is 2. The molecule has 0 saturated heterocycles. The Hall–Kier alpha value is -3.41. The Kier molecular flexibility index (Phi) is 6.63. The Bertz CT molecular complexity index is 1140. The predicted molar refractivity (Wildman–Crippen MR) is 130 cm³/mol. The van der Waals surface area contributed by atoms with Crippen molar-refractivity contribution >= 4 is 11.6 Å². The molecule has 1 aliphatic rings. The molecule has 6 heteroatoms. The molecule has 172 valence electrons. The Balaban J connectivity index is 1.76. The van der Waals surface area contributed by atoms with Crippen molar-refractivity contribution in [2.24, 2.45) is 5.92 Å². The molecule has 1 unspecified atom stereocenters. The highest BCUT2D eigenvalue weighted by Gasteiger charge is 2.35. The monoisotopic (exact) mass is 444 g/mol. The molecule has 3 aromatic rings. The number of nitrogens with one attached hydrogen (secondary N) is 1. The lowest BCUT2D eigenvalue weighted by Gasteiger charge is -2.35. The van der Waals surface area contributed by atoms with Crippen molar-refractivity contribution < 1.29 is 9.32 Å². The summed E-state index contributed by atoms with van der Waals surface area (Å²) in [6.07, 6.45) is 1.89. The Morgan fingerprint density at radius 3 is 2.39 bits per heavy atom. The first-order valence-corrected chi connectivity index (χ1v) is 11.7. The number of rotatable bonds is 7. The van der Waals surface area contributed by atoms with E-state index >= 15 is 0 Å². The van der Waals surface area contributed by atoms with Gasteiger partial charge in [0.1, 0.15) is 0 Å². The molecule has 33 heavy (non-hydrogen) atoms. The first-order chi connectivity index (χ1) is 15.9. The summed E-state index contributed by atoms with van der Waals surface area (Å²) in [5, 5.41) is 7.43. The van der Waals surface area contributed by atoms with Crippen LogP contribution in [0.25, 0.3) is 17.0 Å². The summed E-state index contributed by atoms with van der Waals surface area (Å²) in [5.74, 6) is 1.47. The van der Waals surface area contributed by atoms with Crippen LogP contribution in [0.5, 0.6) is 0 Å². The molecular formula is C27H32N4O2. The molecule has 0 saturated carbocycles. The Labute approximate surface area is 195 Å². The third-order valence-corrected chi connectivity index (χ3v) is 6.21. The van der Waals surface area contributed by atoms with E-state index in [9.17, 15) is 4.79 Å². The zero-order valence-corrected chi connectivity index (χ0v) is 20.1. The van der Waals surface area contributed by atoms with E-state index in [1.807, 2.05) is 50.2 Å². The molecule has 4 rings (SSSR count). The summed E-state index contributed by atoms with van der Waals surface area (Å²) in [6.45, 7) is 11.1. The summed E-state index contributed by atoms with van der Waals surface area (Å²) in [5.41, 5.74) is 6.00. The fraction of sp³-hybridized carbons (Fsp3) is 0.370. The maximum atomic E-state index is 13.0. The zero-order valence-electron chi connectivity index (χ0n) is 20.1. The highest BCUT2D eigenvalue weighted by atomic mass is 16.5. The summed E-state index contributed by atoms with van der Waals surface area (Å²) in [4.78, 5) is 19.6. The van der Waals surface area contributed by atoms with Crippen molar-refractivity contribution in [3.05, 3.63) is 76.8 Å². The minimum absolute atomic E-state index is 0.0997. The molecule has 1 aromatic heterocycles. The van der Waals surface area contributed by atoms with Gasteiger partial charge in [-0.15, -0.1) is 0 Å². The van der Waals surface area contributed by atoms with Gasteiger partial charge in [0.15, 0.2) is 0 Å². The smallest absolute Gasteiger partial charge is 0.322 e. The van der Waals surface area contributed by atoms with E-state index in [1.54, 1.807) is 4.90 Å². The van der Waals surface area contributed by atoms with Gasteiger partial charge in [0.05, 0.1) is 11.6 Å². The van der Waals surface area contributed by atoms with E-state index in [-0.39, 0.29) is 12.1 Å². The largest absolute Gasteiger partial charge is 0.334 e. The van der Waals surface area contributed by atoms with Crippen molar-refractivity contribution in [2.45, 2.75) is 53.5 Å². The molecule has 1 aliphatic heterocycles. The maximum Gasteiger partial charge on any atom is 0.322 e. The molecule has 1 atom stereocenters. The predicted octanol–water partition coefficient (Wildman–Crippen LogP) is 6.15. The minimum atomic E-state index is -0.357. The van der Waals surface area contributed by atoms with Gasteiger partial charge >= 0.3 is 6.03 Å². The van der Waals surface area contributed by atoms with E-state index in [4.69, 9.17) is 9.51 Å². The number of amides is 2. The van der Waals surface area contributed by atoms with Crippen LogP contribution in [0.4, 0.5) is 4.79 Å². The van der Waals surface area contributed by atoms with E-state index in [0.717, 1.165) is 40.8 Å². The van der Waals surface area contributed by atoms with Gasteiger partial charge in [-0.3, -0.25) is 4.90 Å². The van der Waals surface area contributed by atoms with E-state index in [0.29, 0.717) is 24.2 Å². The van der Waals surface area contributed by atoms with Crippen LogP contribution in [-0.2, 0) is 6.42 Å². The van der Waals surface area contributed by atoms with Crippen molar-refractivity contribution in [3.63, 3.8) is 0 Å². The van der Waals surface area contributed by atoms with Crippen LogP contribution in [0, 0.1) is 12.8 Å². The summed E-state index contributed by atoms with van der Waals surface area (Å²) in [7, 11) is 0. The molecule has 0 aliphatic carbocycles. The standard InChI is InChI=1S/C27H32N4O2/c1-6-20-9-13-22(14-10-20)25-29-26(33-30-25)23-19(5)31(16-15-17(2)3)27(32)28-24(23)21-11-7-18(4)8-12-21/h7-14,17,24H,6,15-16H2,1-5H3,(H,28,32). The van der Waals surface area contributed by atoms with Crippen LogP contribution in [-0.4, -0.2) is 27.6 Å². The molecule has 0 fully saturated rings. The fourth-order valence-corrected chi connectivity index (χ4v) is 4.06. The van der Waals surface area contributed by atoms with Gasteiger partial charge in [0, 0.05) is 17.8 Å². The van der Waals surface area contributed by atoms with E-state index in [2.05, 4.69) is 43.4 Å². The average molecular weight is 445 g/mol. The van der Waals surface area contributed by atoms with Crippen LogP contribution >= 0.6 is 0 Å². The van der Waals surface area contributed by atoms with Crippen LogP contribution in [0.1, 0.15) is 62.7 Å². The lowest BCUT2D eigenvalue weighted by molar-refractivity contribution is 0.202. The summed E-state index contributed by atoms with van der Waals surface area (Å²) < 4.78 is 5.77. The molecule has 0 spiro atoms. The van der Waals surface area contributed by atoms with Gasteiger partial charge in [-0.2, -0.15) is 4.98 Å². The number of nitrogens with zero attached hydrogens (tertiary/aromatic N) is 3. The van der Waals surface area contributed by atoms with Crippen LogP contribution in [0.2, 0.25) is 0 Å². The molecule has 0 bridgehead atoms. The normalized spacial score (nSPS) is 16.5. The van der Waals surface area contributed by atoms with Gasteiger partial charge in [-0.25, -0.2) is 4.79 Å². The highest BCUT2D eigenvalue weighted by molar-refractivity contribution is 5.86. The second-order valence-corrected chi connectivity index (χ2v) is 9.10. The average Bonchev–Trinajstić information content (AvgIpc) is 3.28. The molecule has 0 radical (unpaired) electrons. The third kappa shape index (κ3) is 4.85. The molecule has 2 aromatic carbocycles. The van der Waals surface area contributed by atoms with Gasteiger partial charge < -0.3 is 9.84 Å². The van der Waals surface area contributed by atoms with E-state index < -0.39 is 0 Å². The van der Waals surface area contributed by atoms with Crippen LogP contribution in [0.15, 0.2) is 58.8 Å². The van der Waals surface area contributed by atoms with Crippen LogP contribution in [0.3, 0.4) is 0 Å². The van der Waals surface area contributed by atoms with Crippen molar-refractivity contribution in [1.29, 1.82) is 0 Å². The second kappa shape index (κ2) is 9.61. The van der Waals surface area contributed by atoms with Crippen molar-refractivity contribution in [1.82, 2.24) is 20.4 Å². The molecule has 6 nitrogen and oxygen atoms in total.